The molecule has 0 unspecified atom stereocenters. The number of anilines is 1. The summed E-state index contributed by atoms with van der Waals surface area (Å²) in [5.41, 5.74) is 3.65. The maximum absolute atomic E-state index is 9.96. The fourth-order valence-corrected chi connectivity index (χ4v) is 2.33. The van der Waals surface area contributed by atoms with Gasteiger partial charge < -0.3 is 10.2 Å². The molecule has 23 heavy (non-hydrogen) atoms. The van der Waals surface area contributed by atoms with Crippen LogP contribution in [0.15, 0.2) is 41.5 Å². The molecule has 1 aromatic heterocycles. The lowest BCUT2D eigenvalue weighted by Crippen LogP contribution is -1.97. The lowest BCUT2D eigenvalue weighted by molar-refractivity contribution is 0.443. The van der Waals surface area contributed by atoms with E-state index in [4.69, 9.17) is 11.6 Å². The summed E-state index contributed by atoms with van der Waals surface area (Å²) < 4.78 is 0. The second-order valence-electron chi connectivity index (χ2n) is 4.90. The molecule has 6 nitrogen and oxygen atoms in total. The molecule has 0 radical (unpaired) electrons. The molecule has 2 aromatic carbocycles. The van der Waals surface area contributed by atoms with E-state index in [1.807, 2.05) is 24.3 Å². The minimum absolute atomic E-state index is 0.0254. The Kier molecular flexibility index (Phi) is 3.99. The zero-order valence-corrected chi connectivity index (χ0v) is 12.9. The molecule has 0 saturated carbocycles. The van der Waals surface area contributed by atoms with Crippen LogP contribution in [0.5, 0.6) is 11.5 Å². The van der Waals surface area contributed by atoms with Gasteiger partial charge in [-0.3, -0.25) is 5.43 Å². The molecule has 0 saturated heterocycles. The Morgan fingerprint density at radius 3 is 2.61 bits per heavy atom. The summed E-state index contributed by atoms with van der Waals surface area (Å²) in [6.07, 6.45) is 1.44. The van der Waals surface area contributed by atoms with E-state index in [9.17, 15) is 10.2 Å². The van der Waals surface area contributed by atoms with E-state index in [2.05, 4.69) is 20.7 Å². The fourth-order valence-electron chi connectivity index (χ4n) is 2.13. The predicted molar refractivity (Wildman–Crippen MR) is 90.3 cm³/mol. The van der Waals surface area contributed by atoms with E-state index in [0.29, 0.717) is 22.1 Å². The molecular formula is C16H13ClN4O2. The van der Waals surface area contributed by atoms with Gasteiger partial charge in [-0.1, -0.05) is 35.9 Å². The van der Waals surface area contributed by atoms with Crippen LogP contribution in [0.3, 0.4) is 0 Å². The van der Waals surface area contributed by atoms with Crippen molar-refractivity contribution in [2.24, 2.45) is 5.10 Å². The summed E-state index contributed by atoms with van der Waals surface area (Å²) >= 11 is 6.02. The fraction of sp³-hybridized carbons (Fsp3) is 0.0625. The second-order valence-corrected chi connectivity index (χ2v) is 5.26. The zero-order chi connectivity index (χ0) is 16.4. The highest BCUT2D eigenvalue weighted by Crippen LogP contribution is 2.28. The van der Waals surface area contributed by atoms with E-state index in [1.165, 1.54) is 12.3 Å². The van der Waals surface area contributed by atoms with Crippen LogP contribution >= 0.6 is 11.6 Å². The highest BCUT2D eigenvalue weighted by Gasteiger charge is 2.08. The number of phenolic OH excluding ortho intramolecular Hbond substituents is 2. The topological polar surface area (TPSA) is 90.6 Å². The van der Waals surface area contributed by atoms with Crippen molar-refractivity contribution < 1.29 is 10.2 Å². The van der Waals surface area contributed by atoms with Gasteiger partial charge in [0, 0.05) is 21.9 Å². The summed E-state index contributed by atoms with van der Waals surface area (Å²) in [5, 5.41) is 33.3. The third kappa shape index (κ3) is 2.89. The first-order chi connectivity index (χ1) is 11.1. The van der Waals surface area contributed by atoms with Crippen molar-refractivity contribution in [1.29, 1.82) is 0 Å². The monoisotopic (exact) mass is 328 g/mol. The first-order valence-corrected chi connectivity index (χ1v) is 7.17. The normalized spacial score (nSPS) is 11.2. The van der Waals surface area contributed by atoms with Crippen LogP contribution in [0.4, 0.5) is 5.82 Å². The molecule has 3 aromatic rings. The summed E-state index contributed by atoms with van der Waals surface area (Å²) in [6, 6.07) is 10.5. The summed E-state index contributed by atoms with van der Waals surface area (Å²) in [4.78, 5) is 0. The van der Waals surface area contributed by atoms with Crippen LogP contribution < -0.4 is 5.43 Å². The van der Waals surface area contributed by atoms with E-state index in [1.54, 1.807) is 13.0 Å². The summed E-state index contributed by atoms with van der Waals surface area (Å²) in [5.74, 6) is 0.459. The molecule has 0 fully saturated rings. The number of aromatic nitrogens is 2. The van der Waals surface area contributed by atoms with Crippen molar-refractivity contribution in [2.75, 3.05) is 5.43 Å². The number of rotatable bonds is 3. The maximum Gasteiger partial charge on any atom is 0.176 e. The van der Waals surface area contributed by atoms with Crippen molar-refractivity contribution in [3.63, 3.8) is 0 Å². The van der Waals surface area contributed by atoms with E-state index in [0.717, 1.165) is 10.8 Å². The lowest BCUT2D eigenvalue weighted by atomic mass is 10.1. The van der Waals surface area contributed by atoms with Gasteiger partial charge in [0.2, 0.25) is 0 Å². The average Bonchev–Trinajstić information content (AvgIpc) is 2.57. The second kappa shape index (κ2) is 6.10. The maximum atomic E-state index is 9.96. The van der Waals surface area contributed by atoms with Gasteiger partial charge in [-0.25, -0.2) is 0 Å². The van der Waals surface area contributed by atoms with Gasteiger partial charge in [-0.15, -0.1) is 10.2 Å². The Bertz CT molecular complexity index is 912. The summed E-state index contributed by atoms with van der Waals surface area (Å²) in [6.45, 7) is 1.62. The van der Waals surface area contributed by atoms with Crippen LogP contribution in [-0.4, -0.2) is 26.6 Å². The molecule has 0 spiro atoms. The van der Waals surface area contributed by atoms with Gasteiger partial charge >= 0.3 is 0 Å². The Morgan fingerprint density at radius 2 is 1.83 bits per heavy atom. The molecule has 0 aliphatic carbocycles. The van der Waals surface area contributed by atoms with Crippen molar-refractivity contribution in [3.8, 4) is 11.5 Å². The lowest BCUT2D eigenvalue weighted by Gasteiger charge is -2.06. The Morgan fingerprint density at radius 1 is 1.09 bits per heavy atom. The average molecular weight is 329 g/mol. The molecule has 3 rings (SSSR count). The number of nitrogens with zero attached hydrogens (tertiary/aromatic N) is 3. The molecule has 0 aliphatic heterocycles. The molecular weight excluding hydrogens is 316 g/mol. The van der Waals surface area contributed by atoms with Crippen molar-refractivity contribution in [3.05, 3.63) is 52.7 Å². The van der Waals surface area contributed by atoms with Gasteiger partial charge in [-0.2, -0.15) is 5.10 Å². The number of hydrogen-bond donors (Lipinski definition) is 3. The number of nitrogens with one attached hydrogen (secondary N) is 1. The minimum atomic E-state index is -0.0254. The first-order valence-electron chi connectivity index (χ1n) is 6.79. The van der Waals surface area contributed by atoms with E-state index in [-0.39, 0.29) is 11.5 Å². The van der Waals surface area contributed by atoms with Crippen LogP contribution in [0, 0.1) is 6.92 Å². The standard InChI is InChI=1S/C16H13ClN4O2/c1-9-13(22)7-6-10(14(9)23)8-18-20-16-12-5-3-2-4-11(12)15(17)19-21-16/h2-8,22-23H,1H3,(H,20,21). The van der Waals surface area contributed by atoms with Gasteiger partial charge in [0.05, 0.1) is 6.21 Å². The Balaban J connectivity index is 1.90. The number of aromatic hydroxyl groups is 2. The van der Waals surface area contributed by atoms with Gasteiger partial charge in [0.25, 0.3) is 0 Å². The highest BCUT2D eigenvalue weighted by molar-refractivity contribution is 6.34. The third-order valence-corrected chi connectivity index (χ3v) is 3.73. The van der Waals surface area contributed by atoms with Crippen molar-refractivity contribution in [1.82, 2.24) is 10.2 Å². The molecule has 116 valence electrons. The number of hydrogen-bond acceptors (Lipinski definition) is 6. The smallest absolute Gasteiger partial charge is 0.176 e. The molecule has 7 heteroatoms. The van der Waals surface area contributed by atoms with Crippen molar-refractivity contribution in [2.45, 2.75) is 6.92 Å². The van der Waals surface area contributed by atoms with Crippen LogP contribution in [-0.2, 0) is 0 Å². The molecule has 0 atom stereocenters. The number of fused-ring (bicyclic) bond motifs is 1. The largest absolute Gasteiger partial charge is 0.508 e. The number of benzene rings is 2. The number of halogens is 1. The summed E-state index contributed by atoms with van der Waals surface area (Å²) in [7, 11) is 0. The number of hydrazone groups is 1. The Hall–Kier alpha value is -2.86. The van der Waals surface area contributed by atoms with Crippen molar-refractivity contribution >= 4 is 34.4 Å². The first kappa shape index (κ1) is 15.1. The SMILES string of the molecule is Cc1c(O)ccc(C=NNc2nnc(Cl)c3ccccc23)c1O. The molecule has 1 heterocycles. The van der Waals surface area contributed by atoms with Gasteiger partial charge in [0.15, 0.2) is 11.0 Å². The minimum Gasteiger partial charge on any atom is -0.508 e. The van der Waals surface area contributed by atoms with Crippen LogP contribution in [0.2, 0.25) is 5.15 Å². The van der Waals surface area contributed by atoms with E-state index < -0.39 is 0 Å². The molecule has 3 N–H and O–H groups in total. The highest BCUT2D eigenvalue weighted by atomic mass is 35.5. The van der Waals surface area contributed by atoms with Crippen LogP contribution in [0.25, 0.3) is 10.8 Å². The molecule has 0 amide bonds. The van der Waals surface area contributed by atoms with Gasteiger partial charge in [0.1, 0.15) is 11.5 Å². The third-order valence-electron chi connectivity index (χ3n) is 3.45. The molecule has 0 bridgehead atoms. The van der Waals surface area contributed by atoms with Crippen LogP contribution in [0.1, 0.15) is 11.1 Å². The van der Waals surface area contributed by atoms with Gasteiger partial charge in [-0.05, 0) is 19.1 Å². The number of phenols is 2. The Labute approximate surface area is 137 Å². The van der Waals surface area contributed by atoms with E-state index >= 15 is 0 Å². The molecule has 0 aliphatic rings. The predicted octanol–water partition coefficient (Wildman–Crippen LogP) is 3.45. The zero-order valence-electron chi connectivity index (χ0n) is 12.2. The quantitative estimate of drug-likeness (QED) is 0.506.